The van der Waals surface area contributed by atoms with Crippen LogP contribution in [0.1, 0.15) is 50.7 Å². The average Bonchev–Trinajstić information content (AvgIpc) is 3.47. The van der Waals surface area contributed by atoms with Crippen molar-refractivity contribution < 1.29 is 28.2 Å². The molecular weight excluding hydrogens is 398 g/mol. The molecule has 3 aromatic rings. The molecule has 1 fully saturated rings. The smallest absolute Gasteiger partial charge is 0.375 e. The zero-order valence-electron chi connectivity index (χ0n) is 18.1. The highest BCUT2D eigenvalue weighted by Crippen LogP contribution is 2.27. The number of fused-ring (bicyclic) bond motifs is 1. The Kier molecular flexibility index (Phi) is 6.25. The van der Waals surface area contributed by atoms with Crippen LogP contribution in [0.4, 0.5) is 0 Å². The Morgan fingerprint density at radius 2 is 2.03 bits per heavy atom. The number of nitrogens with zero attached hydrogens (tertiary/aromatic N) is 1. The number of para-hydroxylation sites is 1. The van der Waals surface area contributed by atoms with Gasteiger partial charge in [0.2, 0.25) is 11.5 Å². The summed E-state index contributed by atoms with van der Waals surface area (Å²) in [7, 11) is 1.55. The first kappa shape index (κ1) is 21.3. The molecule has 1 aliphatic heterocycles. The van der Waals surface area contributed by atoms with Crippen molar-refractivity contribution in [1.29, 1.82) is 0 Å². The number of rotatable bonds is 8. The molecule has 1 atom stereocenters. The molecule has 3 heterocycles. The number of carbonyl (C=O) groups is 2. The van der Waals surface area contributed by atoms with E-state index in [2.05, 4.69) is 4.57 Å². The molecule has 7 nitrogen and oxygen atoms in total. The highest BCUT2D eigenvalue weighted by molar-refractivity contribution is 6.01. The maximum atomic E-state index is 12.8. The molecule has 1 aliphatic rings. The van der Waals surface area contributed by atoms with Gasteiger partial charge < -0.3 is 23.2 Å². The molecule has 0 bridgehead atoms. The van der Waals surface area contributed by atoms with Gasteiger partial charge in [-0.25, -0.2) is 4.79 Å². The molecule has 0 saturated carbocycles. The average molecular weight is 425 g/mol. The summed E-state index contributed by atoms with van der Waals surface area (Å²) >= 11 is 0. The molecule has 4 rings (SSSR count). The lowest BCUT2D eigenvalue weighted by Gasteiger charge is -2.14. The van der Waals surface area contributed by atoms with Gasteiger partial charge in [-0.1, -0.05) is 18.2 Å². The van der Waals surface area contributed by atoms with Crippen LogP contribution in [0.25, 0.3) is 11.0 Å². The van der Waals surface area contributed by atoms with Crippen LogP contribution in [-0.4, -0.2) is 42.7 Å². The van der Waals surface area contributed by atoms with Gasteiger partial charge in [0.25, 0.3) is 0 Å². The highest BCUT2D eigenvalue weighted by Gasteiger charge is 2.25. The topological polar surface area (TPSA) is 79.9 Å². The van der Waals surface area contributed by atoms with Crippen molar-refractivity contribution in [3.05, 3.63) is 58.6 Å². The van der Waals surface area contributed by atoms with E-state index in [1.165, 1.54) is 0 Å². The molecule has 2 aromatic heterocycles. The maximum Gasteiger partial charge on any atom is 0.375 e. The molecule has 7 heteroatoms. The van der Waals surface area contributed by atoms with Gasteiger partial charge in [-0.3, -0.25) is 4.79 Å². The van der Waals surface area contributed by atoms with Crippen molar-refractivity contribution in [3.8, 4) is 0 Å². The fourth-order valence-corrected chi connectivity index (χ4v) is 4.18. The van der Waals surface area contributed by atoms with Crippen LogP contribution in [0.15, 0.2) is 34.7 Å². The number of hydrogen-bond acceptors (Lipinski definition) is 6. The molecule has 164 valence electrons. The first-order chi connectivity index (χ1) is 15.0. The Morgan fingerprint density at radius 1 is 1.23 bits per heavy atom. The summed E-state index contributed by atoms with van der Waals surface area (Å²) < 4.78 is 24.1. The molecule has 0 unspecified atom stereocenters. The Hall–Kier alpha value is -2.90. The molecule has 0 radical (unpaired) electrons. The molecule has 1 aromatic carbocycles. The zero-order valence-corrected chi connectivity index (χ0v) is 18.1. The van der Waals surface area contributed by atoms with Crippen molar-refractivity contribution in [1.82, 2.24) is 4.57 Å². The monoisotopic (exact) mass is 425 g/mol. The lowest BCUT2D eigenvalue weighted by Crippen LogP contribution is -2.18. The van der Waals surface area contributed by atoms with Crippen molar-refractivity contribution in [2.24, 2.45) is 0 Å². The fraction of sp³-hybridized carbons (Fsp3) is 0.417. The first-order valence-corrected chi connectivity index (χ1v) is 10.5. The number of hydrogen-bond donors (Lipinski definition) is 0. The second-order valence-corrected chi connectivity index (χ2v) is 7.87. The molecule has 0 N–H and O–H groups in total. The number of carbonyl (C=O) groups excluding carboxylic acids is 2. The number of aromatic nitrogens is 1. The third kappa shape index (κ3) is 4.29. The van der Waals surface area contributed by atoms with Crippen molar-refractivity contribution >= 4 is 22.7 Å². The van der Waals surface area contributed by atoms with Gasteiger partial charge in [0.15, 0.2) is 6.61 Å². The number of methoxy groups -OCH3 is 1. The van der Waals surface area contributed by atoms with E-state index in [1.807, 2.05) is 38.1 Å². The van der Waals surface area contributed by atoms with Crippen molar-refractivity contribution in [2.45, 2.75) is 45.9 Å². The summed E-state index contributed by atoms with van der Waals surface area (Å²) in [4.78, 5) is 25.5. The number of esters is 1. The molecular formula is C24H27NO6. The van der Waals surface area contributed by atoms with E-state index in [4.69, 9.17) is 18.6 Å². The third-order valence-electron chi connectivity index (χ3n) is 5.79. The van der Waals surface area contributed by atoms with Crippen LogP contribution in [0.3, 0.4) is 0 Å². The summed E-state index contributed by atoms with van der Waals surface area (Å²) in [5.74, 6) is -0.853. The maximum absolute atomic E-state index is 12.8. The van der Waals surface area contributed by atoms with Gasteiger partial charge in [0.1, 0.15) is 5.58 Å². The highest BCUT2D eigenvalue weighted by atomic mass is 16.5. The summed E-state index contributed by atoms with van der Waals surface area (Å²) in [5.41, 5.74) is 3.60. The van der Waals surface area contributed by atoms with Crippen LogP contribution in [0, 0.1) is 13.8 Å². The number of ketones is 1. The van der Waals surface area contributed by atoms with Gasteiger partial charge in [0, 0.05) is 48.2 Å². The van der Waals surface area contributed by atoms with E-state index in [-0.39, 0.29) is 30.9 Å². The number of Topliss-reactive ketones (excluding diaryl/α,β-unsaturated/α-hetero) is 1. The minimum atomic E-state index is -0.676. The Balaban J connectivity index is 1.47. The number of benzene rings is 1. The largest absolute Gasteiger partial charge is 0.451 e. The Labute approximate surface area is 180 Å². The van der Waals surface area contributed by atoms with E-state index in [0.29, 0.717) is 16.7 Å². The third-order valence-corrected chi connectivity index (χ3v) is 5.79. The molecule has 0 amide bonds. The summed E-state index contributed by atoms with van der Waals surface area (Å²) in [6, 6.07) is 9.17. The standard InChI is InChI=1S/C24H27NO6/c1-15-11-19(16(2)25(15)12-17-7-6-10-29-17)21(26)14-30-24(27)23-20(13-28-3)18-8-4-5-9-22(18)31-23/h4-5,8-9,11,17H,6-7,10,12-14H2,1-3H3/t17-/m0/s1. The van der Waals surface area contributed by atoms with Crippen molar-refractivity contribution in [3.63, 3.8) is 0 Å². The van der Waals surface area contributed by atoms with Crippen LogP contribution in [0.2, 0.25) is 0 Å². The fourth-order valence-electron chi connectivity index (χ4n) is 4.18. The molecule has 0 aliphatic carbocycles. The summed E-state index contributed by atoms with van der Waals surface area (Å²) in [5, 5.41) is 0.792. The normalized spacial score (nSPS) is 16.2. The minimum Gasteiger partial charge on any atom is -0.451 e. The molecule has 1 saturated heterocycles. The van der Waals surface area contributed by atoms with Gasteiger partial charge >= 0.3 is 5.97 Å². The number of furan rings is 1. The van der Waals surface area contributed by atoms with E-state index >= 15 is 0 Å². The zero-order chi connectivity index (χ0) is 22.0. The Bertz CT molecular complexity index is 1100. The van der Waals surface area contributed by atoms with Crippen LogP contribution < -0.4 is 0 Å². The predicted molar refractivity (Wildman–Crippen MR) is 114 cm³/mol. The Morgan fingerprint density at radius 3 is 2.77 bits per heavy atom. The first-order valence-electron chi connectivity index (χ1n) is 10.5. The van der Waals surface area contributed by atoms with E-state index in [9.17, 15) is 9.59 Å². The number of ether oxygens (including phenoxy) is 3. The lowest BCUT2D eigenvalue weighted by atomic mass is 10.1. The summed E-state index contributed by atoms with van der Waals surface area (Å²) in [6.45, 7) is 5.25. The molecule has 0 spiro atoms. The van der Waals surface area contributed by atoms with Crippen molar-refractivity contribution in [2.75, 3.05) is 20.3 Å². The molecule has 31 heavy (non-hydrogen) atoms. The SMILES string of the molecule is COCc1c(C(=O)OCC(=O)c2cc(C)n(C[C@@H]3CCCO3)c2C)oc2ccccc12. The quantitative estimate of drug-likeness (QED) is 0.397. The predicted octanol–water partition coefficient (Wildman–Crippen LogP) is 4.22. The lowest BCUT2D eigenvalue weighted by molar-refractivity contribution is 0.0440. The van der Waals surface area contributed by atoms with E-state index in [0.717, 1.165) is 42.8 Å². The number of aryl methyl sites for hydroxylation is 1. The van der Waals surface area contributed by atoms with Gasteiger partial charge in [-0.15, -0.1) is 0 Å². The van der Waals surface area contributed by atoms with Gasteiger partial charge in [0.05, 0.1) is 12.7 Å². The van der Waals surface area contributed by atoms with Crippen LogP contribution >= 0.6 is 0 Å². The second kappa shape index (κ2) is 9.08. The van der Waals surface area contributed by atoms with Crippen LogP contribution in [0.5, 0.6) is 0 Å². The van der Waals surface area contributed by atoms with E-state index < -0.39 is 5.97 Å². The second-order valence-electron chi connectivity index (χ2n) is 7.87. The summed E-state index contributed by atoms with van der Waals surface area (Å²) in [6.07, 6.45) is 2.27. The minimum absolute atomic E-state index is 0.0692. The van der Waals surface area contributed by atoms with Gasteiger partial charge in [-0.05, 0) is 38.8 Å². The van der Waals surface area contributed by atoms with Gasteiger partial charge in [-0.2, -0.15) is 0 Å². The van der Waals surface area contributed by atoms with E-state index in [1.54, 1.807) is 13.2 Å². The van der Waals surface area contributed by atoms with Crippen LogP contribution in [-0.2, 0) is 27.4 Å².